The fourth-order valence-corrected chi connectivity index (χ4v) is 1.86. The van der Waals surface area contributed by atoms with Crippen LogP contribution < -0.4 is 5.32 Å². The number of halogens is 3. The van der Waals surface area contributed by atoms with Gasteiger partial charge in [0, 0.05) is 18.7 Å². The minimum absolute atomic E-state index is 0.174. The van der Waals surface area contributed by atoms with Crippen LogP contribution in [0.2, 0.25) is 0 Å². The lowest BCUT2D eigenvalue weighted by atomic mass is 10.1. The zero-order chi connectivity index (χ0) is 15.5. The van der Waals surface area contributed by atoms with Crippen LogP contribution in [0.25, 0.3) is 0 Å². The Kier molecular flexibility index (Phi) is 4.32. The monoisotopic (exact) mass is 299 g/mol. The van der Waals surface area contributed by atoms with Crippen molar-refractivity contribution in [1.29, 1.82) is 0 Å². The number of nitrogens with one attached hydrogen (secondary N) is 1. The molecule has 112 valence electrons. The fourth-order valence-electron chi connectivity index (χ4n) is 1.86. The van der Waals surface area contributed by atoms with Gasteiger partial charge in [-0.25, -0.2) is 4.79 Å². The number of alkyl halides is 3. The molecule has 4 nitrogen and oxygen atoms in total. The van der Waals surface area contributed by atoms with E-state index in [-0.39, 0.29) is 18.8 Å². The van der Waals surface area contributed by atoms with Gasteiger partial charge in [0.25, 0.3) is 0 Å². The van der Waals surface area contributed by atoms with Crippen LogP contribution in [0.5, 0.6) is 0 Å². The highest BCUT2D eigenvalue weighted by Gasteiger charge is 2.30. The quantitative estimate of drug-likeness (QED) is 0.889. The second kappa shape index (κ2) is 6.01. The summed E-state index contributed by atoms with van der Waals surface area (Å²) in [6.07, 6.45) is -3.12. The van der Waals surface area contributed by atoms with Crippen molar-refractivity contribution < 1.29 is 27.5 Å². The van der Waals surface area contributed by atoms with Gasteiger partial charge in [-0.1, -0.05) is 18.2 Å². The number of carboxylic acids is 1. The molecule has 2 N–H and O–H groups in total. The maximum absolute atomic E-state index is 12.6. The molecule has 1 heterocycles. The molecular weight excluding hydrogens is 287 g/mol. The number of carbonyl (C=O) groups is 1. The highest BCUT2D eigenvalue weighted by atomic mass is 19.4. The molecule has 0 aliphatic rings. The number of furan rings is 1. The molecule has 2 rings (SSSR count). The van der Waals surface area contributed by atoms with Crippen LogP contribution in [-0.2, 0) is 19.3 Å². The number of rotatable bonds is 5. The van der Waals surface area contributed by atoms with Gasteiger partial charge in [0.1, 0.15) is 0 Å². The average Bonchev–Trinajstić information content (AvgIpc) is 2.87. The lowest BCUT2D eigenvalue weighted by Crippen LogP contribution is -2.15. The number of carboxylic acid groups (broad SMARTS) is 1. The third kappa shape index (κ3) is 3.85. The van der Waals surface area contributed by atoms with E-state index in [1.807, 2.05) is 0 Å². The smallest absolute Gasteiger partial charge is 0.416 e. The van der Waals surface area contributed by atoms with Crippen LogP contribution in [0, 0.1) is 0 Å². The van der Waals surface area contributed by atoms with Crippen LogP contribution >= 0.6 is 0 Å². The van der Waals surface area contributed by atoms with Gasteiger partial charge >= 0.3 is 12.1 Å². The molecule has 0 fully saturated rings. The Labute approximate surface area is 118 Å². The minimum Gasteiger partial charge on any atom is -0.475 e. The molecule has 1 aromatic heterocycles. The third-order valence-electron chi connectivity index (χ3n) is 2.84. The molecular formula is C14H12F3NO3. The van der Waals surface area contributed by atoms with Crippen molar-refractivity contribution in [2.45, 2.75) is 19.3 Å². The zero-order valence-corrected chi connectivity index (χ0v) is 10.8. The predicted molar refractivity (Wildman–Crippen MR) is 67.7 cm³/mol. The van der Waals surface area contributed by atoms with Gasteiger partial charge < -0.3 is 14.8 Å². The molecule has 0 aliphatic carbocycles. The van der Waals surface area contributed by atoms with Crippen LogP contribution in [-0.4, -0.2) is 11.1 Å². The molecule has 21 heavy (non-hydrogen) atoms. The molecule has 0 radical (unpaired) electrons. The van der Waals surface area contributed by atoms with Crippen LogP contribution in [0.15, 0.2) is 41.0 Å². The van der Waals surface area contributed by atoms with E-state index in [0.717, 1.165) is 12.1 Å². The Hall–Kier alpha value is -2.28. The van der Waals surface area contributed by atoms with Crippen molar-refractivity contribution in [3.8, 4) is 0 Å². The summed E-state index contributed by atoms with van der Waals surface area (Å²) in [5, 5.41) is 11.7. The van der Waals surface area contributed by atoms with Gasteiger partial charge in [0.2, 0.25) is 5.76 Å². The van der Waals surface area contributed by atoms with Crippen molar-refractivity contribution in [3.63, 3.8) is 0 Å². The average molecular weight is 299 g/mol. The molecule has 0 aliphatic heterocycles. The molecule has 7 heteroatoms. The molecule has 0 spiro atoms. The van der Waals surface area contributed by atoms with Gasteiger partial charge in [-0.15, -0.1) is 0 Å². The topological polar surface area (TPSA) is 62.5 Å². The van der Waals surface area contributed by atoms with E-state index in [2.05, 4.69) is 5.32 Å². The van der Waals surface area contributed by atoms with Crippen molar-refractivity contribution in [1.82, 2.24) is 5.32 Å². The van der Waals surface area contributed by atoms with Gasteiger partial charge in [-0.3, -0.25) is 0 Å². The van der Waals surface area contributed by atoms with Gasteiger partial charge in [-0.05, 0) is 17.7 Å². The lowest BCUT2D eigenvalue weighted by Gasteiger charge is -2.09. The Morgan fingerprint density at radius 2 is 2.00 bits per heavy atom. The third-order valence-corrected chi connectivity index (χ3v) is 2.84. The Bertz CT molecular complexity index is 634. The normalized spacial score (nSPS) is 11.6. The van der Waals surface area contributed by atoms with Gasteiger partial charge in [-0.2, -0.15) is 13.2 Å². The Morgan fingerprint density at radius 3 is 2.67 bits per heavy atom. The van der Waals surface area contributed by atoms with Crippen LogP contribution in [0.1, 0.15) is 27.2 Å². The molecule has 0 atom stereocenters. The van der Waals surface area contributed by atoms with E-state index >= 15 is 0 Å². The lowest BCUT2D eigenvalue weighted by molar-refractivity contribution is -0.137. The first-order valence-corrected chi connectivity index (χ1v) is 6.04. The second-order valence-electron chi connectivity index (χ2n) is 4.38. The maximum atomic E-state index is 12.6. The maximum Gasteiger partial charge on any atom is 0.416 e. The highest BCUT2D eigenvalue weighted by molar-refractivity contribution is 5.86. The molecule has 1 aromatic carbocycles. The number of hydrogen-bond donors (Lipinski definition) is 2. The van der Waals surface area contributed by atoms with Gasteiger partial charge in [0.15, 0.2) is 0 Å². The molecule has 0 bridgehead atoms. The summed E-state index contributed by atoms with van der Waals surface area (Å²) in [6, 6.07) is 6.46. The molecule has 2 aromatic rings. The van der Waals surface area contributed by atoms with Crippen LogP contribution in [0.4, 0.5) is 13.2 Å². The summed E-state index contributed by atoms with van der Waals surface area (Å²) in [5.74, 6) is -1.36. The first-order chi connectivity index (χ1) is 9.88. The Balaban J connectivity index is 1.98. The minimum atomic E-state index is -4.38. The van der Waals surface area contributed by atoms with E-state index in [1.54, 1.807) is 6.07 Å². The van der Waals surface area contributed by atoms with Crippen molar-refractivity contribution in [2.75, 3.05) is 0 Å². The molecule has 0 saturated heterocycles. The number of benzene rings is 1. The summed E-state index contributed by atoms with van der Waals surface area (Å²) in [5.41, 5.74) is 0.191. The van der Waals surface area contributed by atoms with E-state index < -0.39 is 17.7 Å². The van der Waals surface area contributed by atoms with E-state index in [4.69, 9.17) is 9.52 Å². The summed E-state index contributed by atoms with van der Waals surface area (Å²) in [7, 11) is 0. The molecule has 0 saturated carbocycles. The zero-order valence-electron chi connectivity index (χ0n) is 10.8. The fraction of sp³-hybridized carbons (Fsp3) is 0.214. The summed E-state index contributed by atoms with van der Waals surface area (Å²) in [4.78, 5) is 10.8. The molecule has 0 unspecified atom stereocenters. The first kappa shape index (κ1) is 15.1. The summed E-state index contributed by atoms with van der Waals surface area (Å²) >= 11 is 0. The Morgan fingerprint density at radius 1 is 1.24 bits per heavy atom. The van der Waals surface area contributed by atoms with Gasteiger partial charge in [0.05, 0.1) is 11.8 Å². The second-order valence-corrected chi connectivity index (χ2v) is 4.38. The summed E-state index contributed by atoms with van der Waals surface area (Å²) in [6.45, 7) is 0.378. The summed E-state index contributed by atoms with van der Waals surface area (Å²) < 4.78 is 42.5. The predicted octanol–water partition coefficient (Wildman–Crippen LogP) is 3.29. The standard InChI is InChI=1S/C14H12F3NO3/c15-14(16,17)11-3-1-2-9(6-11)7-18-8-10-4-5-21-12(10)13(19)20/h1-6,18H,7-8H2,(H,19,20). The molecule has 0 amide bonds. The number of hydrogen-bond acceptors (Lipinski definition) is 3. The van der Waals surface area contributed by atoms with Crippen LogP contribution in [0.3, 0.4) is 0 Å². The largest absolute Gasteiger partial charge is 0.475 e. The van der Waals surface area contributed by atoms with E-state index in [9.17, 15) is 18.0 Å². The van der Waals surface area contributed by atoms with Crippen molar-refractivity contribution in [2.24, 2.45) is 0 Å². The van der Waals surface area contributed by atoms with Crippen molar-refractivity contribution >= 4 is 5.97 Å². The SMILES string of the molecule is O=C(O)c1occc1CNCc1cccc(C(F)(F)F)c1. The first-order valence-electron chi connectivity index (χ1n) is 6.04. The van der Waals surface area contributed by atoms with E-state index in [1.165, 1.54) is 18.4 Å². The number of aromatic carboxylic acids is 1. The van der Waals surface area contributed by atoms with Crippen molar-refractivity contribution in [3.05, 3.63) is 59.0 Å². The van der Waals surface area contributed by atoms with E-state index in [0.29, 0.717) is 11.1 Å². The highest BCUT2D eigenvalue weighted by Crippen LogP contribution is 2.29.